The Labute approximate surface area is 213 Å². The van der Waals surface area contributed by atoms with Crippen LogP contribution >= 0.6 is 0 Å². The van der Waals surface area contributed by atoms with E-state index in [0.29, 0.717) is 11.6 Å². The van der Waals surface area contributed by atoms with Gasteiger partial charge in [-0.15, -0.1) is 0 Å². The lowest BCUT2D eigenvalue weighted by Gasteiger charge is -2.37. The number of nitrogens with zero attached hydrogens (tertiary/aromatic N) is 2. The second kappa shape index (κ2) is 12.7. The van der Waals surface area contributed by atoms with Gasteiger partial charge in [0, 0.05) is 50.9 Å². The molecule has 1 atom stereocenters. The number of nitrogens with one attached hydrogen (secondary N) is 2. The van der Waals surface area contributed by atoms with Crippen molar-refractivity contribution in [2.75, 3.05) is 49.9 Å². The van der Waals surface area contributed by atoms with Gasteiger partial charge in [-0.05, 0) is 61.7 Å². The van der Waals surface area contributed by atoms with E-state index in [1.54, 1.807) is 19.2 Å². The number of anilines is 3. The van der Waals surface area contributed by atoms with Gasteiger partial charge in [0.25, 0.3) is 0 Å². The smallest absolute Gasteiger partial charge is 0.234 e. The zero-order chi connectivity index (χ0) is 26.1. The predicted molar refractivity (Wildman–Crippen MR) is 140 cm³/mol. The van der Waals surface area contributed by atoms with Crippen LogP contribution in [0.3, 0.4) is 0 Å². The number of methoxy groups -OCH3 is 1. The van der Waals surface area contributed by atoms with E-state index in [0.717, 1.165) is 61.5 Å². The summed E-state index contributed by atoms with van der Waals surface area (Å²) in [6, 6.07) is 15.7. The van der Waals surface area contributed by atoms with Gasteiger partial charge in [-0.3, -0.25) is 9.52 Å². The molecule has 1 amide bonds. The minimum Gasteiger partial charge on any atom is -0.384 e. The van der Waals surface area contributed by atoms with Crippen LogP contribution in [0.5, 0.6) is 0 Å². The molecule has 0 bridgehead atoms. The molecule has 36 heavy (non-hydrogen) atoms. The lowest BCUT2D eigenvalue weighted by atomic mass is 9.94. The summed E-state index contributed by atoms with van der Waals surface area (Å²) >= 11 is 0. The highest BCUT2D eigenvalue weighted by Gasteiger charge is 2.25. The average Bonchev–Trinajstić information content (AvgIpc) is 2.85. The summed E-state index contributed by atoms with van der Waals surface area (Å²) in [4.78, 5) is 14.7. The largest absolute Gasteiger partial charge is 0.384 e. The third-order valence-corrected chi connectivity index (χ3v) is 6.76. The van der Waals surface area contributed by atoms with E-state index in [1.165, 1.54) is 0 Å². The molecule has 0 aliphatic carbocycles. The molecular formula is C26H34N4O5S. The van der Waals surface area contributed by atoms with Crippen molar-refractivity contribution in [2.45, 2.75) is 38.1 Å². The van der Waals surface area contributed by atoms with Crippen molar-refractivity contribution in [3.8, 4) is 6.07 Å². The van der Waals surface area contributed by atoms with Gasteiger partial charge in [-0.1, -0.05) is 6.07 Å². The standard InChI is InChI=1S/C26H34N4O5S/c1-4-30(23-11-13-35-14-12-23)25-10-7-20(21(18-34-2)16-26(31)29-36(3,32)33)15-24(25)28-22-8-5-19(17-27)6-9-22/h5-10,15,21,23,28H,4,11-14,16,18H2,1-3H3,(H,29,31)/t21-/m1/s1. The molecule has 1 fully saturated rings. The maximum absolute atomic E-state index is 12.4. The molecule has 0 saturated carbocycles. The Balaban J connectivity index is 1.98. The van der Waals surface area contributed by atoms with Crippen LogP contribution in [0.1, 0.15) is 43.2 Å². The summed E-state index contributed by atoms with van der Waals surface area (Å²) < 4.78 is 36.0. The number of hydrogen-bond donors (Lipinski definition) is 2. The van der Waals surface area contributed by atoms with Crippen LogP contribution in [0.15, 0.2) is 42.5 Å². The maximum Gasteiger partial charge on any atom is 0.234 e. The second-order valence-corrected chi connectivity index (χ2v) is 10.6. The second-order valence-electron chi connectivity index (χ2n) is 8.87. The number of sulfonamides is 1. The number of amides is 1. The third kappa shape index (κ3) is 7.68. The van der Waals surface area contributed by atoms with E-state index in [2.05, 4.69) is 23.2 Å². The zero-order valence-electron chi connectivity index (χ0n) is 21.0. The van der Waals surface area contributed by atoms with Crippen molar-refractivity contribution in [1.29, 1.82) is 5.26 Å². The van der Waals surface area contributed by atoms with Crippen molar-refractivity contribution >= 4 is 33.0 Å². The summed E-state index contributed by atoms with van der Waals surface area (Å²) in [7, 11) is -2.10. The van der Waals surface area contributed by atoms with Gasteiger partial charge in [0.15, 0.2) is 0 Å². The van der Waals surface area contributed by atoms with E-state index in [9.17, 15) is 13.2 Å². The Kier molecular flexibility index (Phi) is 9.70. The molecular weight excluding hydrogens is 480 g/mol. The number of ether oxygens (including phenoxy) is 2. The number of carbonyl (C=O) groups is 1. The number of nitriles is 1. The minimum atomic E-state index is -3.65. The van der Waals surface area contributed by atoms with Crippen LogP contribution in [0.4, 0.5) is 17.1 Å². The van der Waals surface area contributed by atoms with Crippen LogP contribution in [0, 0.1) is 11.3 Å². The van der Waals surface area contributed by atoms with Crippen LogP contribution in [-0.2, 0) is 24.3 Å². The monoisotopic (exact) mass is 514 g/mol. The number of carbonyl (C=O) groups excluding carboxylic acids is 1. The molecule has 0 radical (unpaired) electrons. The van der Waals surface area contributed by atoms with E-state index in [4.69, 9.17) is 14.7 Å². The fraction of sp³-hybridized carbons (Fsp3) is 0.462. The molecule has 3 rings (SSSR count). The first kappa shape index (κ1) is 27.5. The summed E-state index contributed by atoms with van der Waals surface area (Å²) in [6.07, 6.45) is 2.79. The summed E-state index contributed by atoms with van der Waals surface area (Å²) in [6.45, 7) is 4.64. The van der Waals surface area contributed by atoms with Crippen molar-refractivity contribution in [3.63, 3.8) is 0 Å². The first-order valence-electron chi connectivity index (χ1n) is 12.0. The van der Waals surface area contributed by atoms with Gasteiger partial charge >= 0.3 is 0 Å². The van der Waals surface area contributed by atoms with Crippen molar-refractivity contribution in [2.24, 2.45) is 0 Å². The van der Waals surface area contributed by atoms with Crippen molar-refractivity contribution in [3.05, 3.63) is 53.6 Å². The van der Waals surface area contributed by atoms with E-state index in [-0.39, 0.29) is 18.9 Å². The normalized spacial score (nSPS) is 15.1. The third-order valence-electron chi connectivity index (χ3n) is 6.17. The maximum atomic E-state index is 12.4. The van der Waals surface area contributed by atoms with E-state index in [1.807, 2.05) is 35.1 Å². The molecule has 10 heteroatoms. The SMILES string of the molecule is CCN(c1ccc([C@@H](COC)CC(=O)NS(C)(=O)=O)cc1Nc1ccc(C#N)cc1)C1CCOCC1. The fourth-order valence-corrected chi connectivity index (χ4v) is 5.01. The molecule has 0 aromatic heterocycles. The molecule has 0 spiro atoms. The highest BCUT2D eigenvalue weighted by Crippen LogP contribution is 2.36. The van der Waals surface area contributed by atoms with Gasteiger partial charge in [0.2, 0.25) is 15.9 Å². The summed E-state index contributed by atoms with van der Waals surface area (Å²) in [5.74, 6) is -0.923. The van der Waals surface area contributed by atoms with Gasteiger partial charge in [0.1, 0.15) is 0 Å². The first-order valence-corrected chi connectivity index (χ1v) is 13.9. The Morgan fingerprint density at radius 1 is 1.22 bits per heavy atom. The quantitative estimate of drug-likeness (QED) is 0.467. The highest BCUT2D eigenvalue weighted by atomic mass is 32.2. The van der Waals surface area contributed by atoms with Gasteiger partial charge in [-0.25, -0.2) is 8.42 Å². The van der Waals surface area contributed by atoms with Crippen molar-refractivity contribution < 1.29 is 22.7 Å². The Hall–Kier alpha value is -3.13. The van der Waals surface area contributed by atoms with Crippen LogP contribution in [0.2, 0.25) is 0 Å². The predicted octanol–water partition coefficient (Wildman–Crippen LogP) is 3.50. The van der Waals surface area contributed by atoms with Crippen LogP contribution in [-0.4, -0.2) is 60.1 Å². The highest BCUT2D eigenvalue weighted by molar-refractivity contribution is 7.89. The molecule has 1 aliphatic heterocycles. The van der Waals surface area contributed by atoms with Gasteiger partial charge in [-0.2, -0.15) is 5.26 Å². The number of benzene rings is 2. The summed E-state index contributed by atoms with van der Waals surface area (Å²) in [5.41, 5.74) is 4.13. The minimum absolute atomic E-state index is 0.0337. The van der Waals surface area contributed by atoms with Crippen LogP contribution < -0.4 is 14.9 Å². The Bertz CT molecular complexity index is 1170. The molecule has 2 aromatic rings. The van der Waals surface area contributed by atoms with Gasteiger partial charge < -0.3 is 19.7 Å². The lowest BCUT2D eigenvalue weighted by Crippen LogP contribution is -2.39. The molecule has 2 aromatic carbocycles. The van der Waals surface area contributed by atoms with Crippen molar-refractivity contribution in [1.82, 2.24) is 4.72 Å². The molecule has 194 valence electrons. The molecule has 1 heterocycles. The van der Waals surface area contributed by atoms with Gasteiger partial charge in [0.05, 0.1) is 35.9 Å². The molecule has 1 aliphatic rings. The number of hydrogen-bond acceptors (Lipinski definition) is 8. The summed E-state index contributed by atoms with van der Waals surface area (Å²) in [5, 5.41) is 12.6. The van der Waals surface area contributed by atoms with E-state index >= 15 is 0 Å². The van der Waals surface area contributed by atoms with E-state index < -0.39 is 15.9 Å². The number of rotatable bonds is 11. The Morgan fingerprint density at radius 3 is 2.50 bits per heavy atom. The zero-order valence-corrected chi connectivity index (χ0v) is 21.8. The molecule has 9 nitrogen and oxygen atoms in total. The first-order chi connectivity index (χ1) is 17.2. The Morgan fingerprint density at radius 2 is 1.92 bits per heavy atom. The van der Waals surface area contributed by atoms with Crippen LogP contribution in [0.25, 0.3) is 0 Å². The molecule has 1 saturated heterocycles. The molecule has 0 unspecified atom stereocenters. The average molecular weight is 515 g/mol. The lowest BCUT2D eigenvalue weighted by molar-refractivity contribution is -0.120. The molecule has 2 N–H and O–H groups in total. The topological polar surface area (TPSA) is 121 Å². The fourth-order valence-electron chi connectivity index (χ4n) is 4.51.